The lowest BCUT2D eigenvalue weighted by atomic mass is 9.94. The van der Waals surface area contributed by atoms with Crippen LogP contribution in [0.2, 0.25) is 0 Å². The smallest absolute Gasteiger partial charge is 0.258 e. The average molecular weight is 335 g/mol. The van der Waals surface area contributed by atoms with E-state index in [9.17, 15) is 4.79 Å². The van der Waals surface area contributed by atoms with Gasteiger partial charge in [0.2, 0.25) is 0 Å². The van der Waals surface area contributed by atoms with Crippen molar-refractivity contribution in [3.63, 3.8) is 0 Å². The van der Waals surface area contributed by atoms with Crippen molar-refractivity contribution in [3.8, 4) is 5.75 Å². The van der Waals surface area contributed by atoms with E-state index in [2.05, 4.69) is 22.0 Å². The van der Waals surface area contributed by atoms with Crippen molar-refractivity contribution >= 4 is 5.65 Å². The molecule has 5 heteroatoms. The maximum atomic E-state index is 12.4. The van der Waals surface area contributed by atoms with Crippen LogP contribution in [0.5, 0.6) is 5.75 Å². The van der Waals surface area contributed by atoms with Crippen LogP contribution in [0.25, 0.3) is 5.65 Å². The van der Waals surface area contributed by atoms with Gasteiger partial charge in [-0.25, -0.2) is 4.98 Å². The minimum Gasteiger partial charge on any atom is -0.497 e. The molecule has 2 aromatic heterocycles. The molecule has 1 saturated heterocycles. The van der Waals surface area contributed by atoms with Crippen molar-refractivity contribution in [2.45, 2.75) is 25.9 Å². The van der Waals surface area contributed by atoms with Crippen LogP contribution in [0, 0.1) is 6.92 Å². The van der Waals surface area contributed by atoms with Gasteiger partial charge in [0.05, 0.1) is 12.8 Å². The lowest BCUT2D eigenvalue weighted by molar-refractivity contribution is 0.0802. The minimum atomic E-state index is -0.0171. The highest BCUT2D eigenvalue weighted by Gasteiger charge is 2.30. The summed E-state index contributed by atoms with van der Waals surface area (Å²) >= 11 is 0. The van der Waals surface area contributed by atoms with Crippen LogP contribution >= 0.6 is 0 Å². The molecule has 0 N–H and O–H groups in total. The molecule has 0 aliphatic carbocycles. The number of likely N-dealkylation sites (tertiary alicyclic amines) is 1. The molecule has 0 saturated carbocycles. The molecule has 128 valence electrons. The summed E-state index contributed by atoms with van der Waals surface area (Å²) < 4.78 is 6.98. The summed E-state index contributed by atoms with van der Waals surface area (Å²) in [5, 5.41) is 0. The van der Waals surface area contributed by atoms with E-state index in [0.717, 1.165) is 30.1 Å². The maximum absolute atomic E-state index is 12.4. The normalized spacial score (nSPS) is 17.4. The summed E-state index contributed by atoms with van der Waals surface area (Å²) in [6.45, 7) is 3.61. The molecule has 1 atom stereocenters. The molecule has 0 amide bonds. The fourth-order valence-electron chi connectivity index (χ4n) is 3.51. The van der Waals surface area contributed by atoms with Gasteiger partial charge in [0.1, 0.15) is 11.4 Å². The summed E-state index contributed by atoms with van der Waals surface area (Å²) in [5.74, 6) is 0.877. The van der Waals surface area contributed by atoms with Crippen LogP contribution < -0.4 is 10.3 Å². The third-order valence-electron chi connectivity index (χ3n) is 4.91. The zero-order valence-electron chi connectivity index (χ0n) is 14.5. The Morgan fingerprint density at radius 1 is 1.20 bits per heavy atom. The van der Waals surface area contributed by atoms with Gasteiger partial charge in [-0.1, -0.05) is 18.2 Å². The highest BCUT2D eigenvalue weighted by atomic mass is 16.5. The number of fused-ring (bicyclic) bond motifs is 1. The van der Waals surface area contributed by atoms with Crippen LogP contribution in [-0.2, 0) is 6.54 Å². The molecular weight excluding hydrogens is 314 g/mol. The highest BCUT2D eigenvalue weighted by molar-refractivity contribution is 5.40. The van der Waals surface area contributed by atoms with E-state index in [-0.39, 0.29) is 5.56 Å². The molecule has 1 aliphatic heterocycles. The first-order valence-corrected chi connectivity index (χ1v) is 8.52. The number of pyridine rings is 1. The number of ether oxygens (including phenoxy) is 1. The lowest BCUT2D eigenvalue weighted by Gasteiger charge is -2.41. The summed E-state index contributed by atoms with van der Waals surface area (Å²) in [6, 6.07) is 15.9. The fraction of sp³-hybridized carbons (Fsp3) is 0.300. The highest BCUT2D eigenvalue weighted by Crippen LogP contribution is 2.35. The molecule has 0 spiro atoms. The molecular formula is C20H21N3O2. The predicted octanol–water partition coefficient (Wildman–Crippen LogP) is 2.96. The van der Waals surface area contributed by atoms with Gasteiger partial charge in [0.15, 0.2) is 0 Å². The second-order valence-corrected chi connectivity index (χ2v) is 6.50. The quantitative estimate of drug-likeness (QED) is 0.735. The first kappa shape index (κ1) is 15.8. The average Bonchev–Trinajstić information content (AvgIpc) is 2.59. The van der Waals surface area contributed by atoms with E-state index in [4.69, 9.17) is 4.74 Å². The van der Waals surface area contributed by atoms with Crippen molar-refractivity contribution in [1.82, 2.24) is 14.3 Å². The third kappa shape index (κ3) is 2.91. The number of hydrogen-bond donors (Lipinski definition) is 0. The fourth-order valence-corrected chi connectivity index (χ4v) is 3.51. The van der Waals surface area contributed by atoms with Crippen LogP contribution in [0.4, 0.5) is 0 Å². The molecule has 1 aliphatic rings. The molecule has 0 radical (unpaired) electrons. The Morgan fingerprint density at radius 3 is 2.80 bits per heavy atom. The van der Waals surface area contributed by atoms with Gasteiger partial charge in [0.25, 0.3) is 5.56 Å². The zero-order valence-corrected chi connectivity index (χ0v) is 14.5. The largest absolute Gasteiger partial charge is 0.497 e. The number of nitrogens with zero attached hydrogens (tertiary/aromatic N) is 3. The van der Waals surface area contributed by atoms with Crippen LogP contribution in [0.1, 0.15) is 29.4 Å². The Morgan fingerprint density at radius 2 is 2.04 bits per heavy atom. The van der Waals surface area contributed by atoms with Crippen molar-refractivity contribution in [2.24, 2.45) is 0 Å². The maximum Gasteiger partial charge on any atom is 0.258 e. The van der Waals surface area contributed by atoms with Gasteiger partial charge < -0.3 is 4.74 Å². The lowest BCUT2D eigenvalue weighted by Crippen LogP contribution is -2.40. The van der Waals surface area contributed by atoms with E-state index in [0.29, 0.717) is 18.2 Å². The zero-order chi connectivity index (χ0) is 17.4. The van der Waals surface area contributed by atoms with Crippen LogP contribution in [0.3, 0.4) is 0 Å². The second-order valence-electron chi connectivity index (χ2n) is 6.50. The first-order chi connectivity index (χ1) is 12.2. The number of benzene rings is 1. The van der Waals surface area contributed by atoms with Crippen molar-refractivity contribution in [3.05, 3.63) is 75.8 Å². The van der Waals surface area contributed by atoms with Crippen molar-refractivity contribution < 1.29 is 4.74 Å². The Labute approximate surface area is 146 Å². The second kappa shape index (κ2) is 6.33. The van der Waals surface area contributed by atoms with Gasteiger partial charge in [-0.05, 0) is 43.2 Å². The molecule has 0 bridgehead atoms. The van der Waals surface area contributed by atoms with Gasteiger partial charge in [-0.2, -0.15) is 0 Å². The van der Waals surface area contributed by atoms with Gasteiger partial charge in [-0.3, -0.25) is 14.1 Å². The number of methoxy groups -OCH3 is 1. The Kier molecular flexibility index (Phi) is 4.01. The molecule has 0 unspecified atom stereocenters. The van der Waals surface area contributed by atoms with Gasteiger partial charge in [0, 0.05) is 30.9 Å². The summed E-state index contributed by atoms with van der Waals surface area (Å²) in [6.07, 6.45) is 1.11. The monoisotopic (exact) mass is 335 g/mol. The van der Waals surface area contributed by atoms with Crippen LogP contribution in [0.15, 0.2) is 53.3 Å². The molecule has 1 aromatic carbocycles. The Balaban J connectivity index is 1.60. The van der Waals surface area contributed by atoms with Crippen LogP contribution in [-0.4, -0.2) is 27.9 Å². The first-order valence-electron chi connectivity index (χ1n) is 8.52. The number of aryl methyl sites for hydroxylation is 1. The van der Waals surface area contributed by atoms with Gasteiger partial charge >= 0.3 is 0 Å². The van der Waals surface area contributed by atoms with E-state index in [1.165, 1.54) is 5.56 Å². The topological polar surface area (TPSA) is 46.8 Å². The van der Waals surface area contributed by atoms with E-state index in [1.54, 1.807) is 17.6 Å². The van der Waals surface area contributed by atoms with Gasteiger partial charge in [-0.15, -0.1) is 0 Å². The van der Waals surface area contributed by atoms with Crippen molar-refractivity contribution in [2.75, 3.05) is 13.7 Å². The summed E-state index contributed by atoms with van der Waals surface area (Å²) in [4.78, 5) is 19.5. The van der Waals surface area contributed by atoms with E-state index >= 15 is 0 Å². The Bertz CT molecular complexity index is 980. The predicted molar refractivity (Wildman–Crippen MR) is 97.0 cm³/mol. The molecule has 25 heavy (non-hydrogen) atoms. The van der Waals surface area contributed by atoms with Crippen molar-refractivity contribution in [1.29, 1.82) is 0 Å². The molecule has 1 fully saturated rings. The standard InChI is InChI=1S/C20H21N3O2/c1-14-5-3-8-19-21-16(12-20(24)23(14)19)13-22-10-9-18(22)15-6-4-7-17(11-15)25-2/h3-8,11-12,18H,9-10,13H2,1-2H3/t18-/m1/s1. The molecule has 5 nitrogen and oxygen atoms in total. The minimum absolute atomic E-state index is 0.0171. The van der Waals surface area contributed by atoms with E-state index in [1.807, 2.05) is 37.3 Å². The number of rotatable bonds is 4. The third-order valence-corrected chi connectivity index (χ3v) is 4.91. The Hall–Kier alpha value is -2.66. The number of aromatic nitrogens is 2. The SMILES string of the molecule is COc1cccc([C@H]2CCN2Cc2cc(=O)n3c(C)cccc3n2)c1. The molecule has 3 aromatic rings. The summed E-state index contributed by atoms with van der Waals surface area (Å²) in [7, 11) is 1.69. The summed E-state index contributed by atoms with van der Waals surface area (Å²) in [5.41, 5.74) is 3.67. The van der Waals surface area contributed by atoms with E-state index < -0.39 is 0 Å². The molecule has 3 heterocycles. The number of hydrogen-bond acceptors (Lipinski definition) is 4. The molecule has 4 rings (SSSR count).